The second-order valence-corrected chi connectivity index (χ2v) is 16.8. The summed E-state index contributed by atoms with van der Waals surface area (Å²) >= 11 is 0. The molecule has 4 N–H and O–H groups in total. The number of carboxylic acid groups (broad SMARTS) is 2. The van der Waals surface area contributed by atoms with Crippen LogP contribution in [0.2, 0.25) is 0 Å². The van der Waals surface area contributed by atoms with Gasteiger partial charge in [-0.3, -0.25) is 39.6 Å². The zero-order valence-corrected chi connectivity index (χ0v) is 33.8. The van der Waals surface area contributed by atoms with Gasteiger partial charge in [-0.05, 0) is 84.6 Å². The standard InChI is InChI=1S/C40H36N6O14S2/c47-35(41-27-5-1-3-25(15-27)37(49)50)33-17-31(19-43(33)39(53)59-21-23-7-11-29(12-8-23)45(55)56)61-62-32-18-34(36(48)42-28-6-2-4-26(16-28)38(51)52)44(20-32)40(54)60-22-24-9-13-30(14-10-24)46(57)58/h1-16,31-34H,17-22H2,(H,41,47)(H,42,48)(H,49,50)(H,51,52)/t31-,32-,33-,34-/m0/s1. The van der Waals surface area contributed by atoms with E-state index in [4.69, 9.17) is 9.47 Å². The maximum absolute atomic E-state index is 13.7. The molecule has 0 unspecified atom stereocenters. The highest BCUT2D eigenvalue weighted by atomic mass is 33.1. The number of carbonyl (C=O) groups is 6. The molecule has 0 radical (unpaired) electrons. The van der Waals surface area contributed by atoms with E-state index in [1.54, 1.807) is 0 Å². The van der Waals surface area contributed by atoms with Crippen molar-refractivity contribution >= 4 is 80.3 Å². The predicted octanol–water partition coefficient (Wildman–Crippen LogP) is 6.42. The van der Waals surface area contributed by atoms with E-state index in [1.807, 2.05) is 0 Å². The first-order valence-electron chi connectivity index (χ1n) is 18.6. The van der Waals surface area contributed by atoms with E-state index in [0.29, 0.717) is 11.1 Å². The van der Waals surface area contributed by atoms with Crippen molar-refractivity contribution in [2.45, 2.75) is 48.6 Å². The number of likely N-dealkylation sites (tertiary alicyclic amines) is 2. The van der Waals surface area contributed by atoms with Crippen LogP contribution in [-0.2, 0) is 32.3 Å². The molecule has 62 heavy (non-hydrogen) atoms. The number of nitro groups is 2. The number of hydrogen-bond donors (Lipinski definition) is 4. The first-order chi connectivity index (χ1) is 29.6. The molecule has 2 aliphatic heterocycles. The minimum atomic E-state index is -1.21. The summed E-state index contributed by atoms with van der Waals surface area (Å²) in [6.45, 7) is -0.447. The molecule has 322 valence electrons. The second-order valence-electron chi connectivity index (χ2n) is 14.0. The number of carbonyl (C=O) groups excluding carboxylic acids is 4. The summed E-state index contributed by atoms with van der Waals surface area (Å²) in [6.07, 6.45) is -1.43. The van der Waals surface area contributed by atoms with E-state index >= 15 is 0 Å². The van der Waals surface area contributed by atoms with Crippen molar-refractivity contribution in [1.82, 2.24) is 9.80 Å². The van der Waals surface area contributed by atoms with Gasteiger partial charge in [-0.2, -0.15) is 0 Å². The number of ether oxygens (including phenoxy) is 2. The monoisotopic (exact) mass is 888 g/mol. The minimum Gasteiger partial charge on any atom is -0.478 e. The highest BCUT2D eigenvalue weighted by Crippen LogP contribution is 2.42. The number of amides is 4. The fourth-order valence-electron chi connectivity index (χ4n) is 6.59. The molecule has 4 aromatic carbocycles. The van der Waals surface area contributed by atoms with Crippen LogP contribution in [0.15, 0.2) is 97.1 Å². The summed E-state index contributed by atoms with van der Waals surface area (Å²) in [5, 5.41) is 45.5. The topological polar surface area (TPSA) is 278 Å². The van der Waals surface area contributed by atoms with Gasteiger partial charge in [0, 0.05) is 59.2 Å². The van der Waals surface area contributed by atoms with Crippen molar-refractivity contribution in [2.24, 2.45) is 0 Å². The van der Waals surface area contributed by atoms with Crippen LogP contribution in [-0.4, -0.2) is 101 Å². The maximum atomic E-state index is 13.7. The van der Waals surface area contributed by atoms with E-state index in [0.717, 1.165) is 0 Å². The molecule has 0 saturated carbocycles. The fraction of sp³-hybridized carbons (Fsp3) is 0.250. The number of rotatable bonds is 15. The van der Waals surface area contributed by atoms with Gasteiger partial charge in [0.15, 0.2) is 0 Å². The number of benzene rings is 4. The molecule has 0 aromatic heterocycles. The van der Waals surface area contributed by atoms with Crippen LogP contribution in [0.25, 0.3) is 0 Å². The highest BCUT2D eigenvalue weighted by molar-refractivity contribution is 8.77. The molecule has 4 atom stereocenters. The Morgan fingerprint density at radius 1 is 0.613 bits per heavy atom. The Labute approximate surface area is 359 Å². The van der Waals surface area contributed by atoms with Gasteiger partial charge in [0.2, 0.25) is 11.8 Å². The van der Waals surface area contributed by atoms with Crippen LogP contribution in [0.4, 0.5) is 32.3 Å². The molecule has 2 fully saturated rings. The smallest absolute Gasteiger partial charge is 0.410 e. The van der Waals surface area contributed by atoms with Crippen LogP contribution in [0, 0.1) is 20.2 Å². The van der Waals surface area contributed by atoms with Crippen molar-refractivity contribution in [3.05, 3.63) is 140 Å². The molecule has 0 bridgehead atoms. The molecular weight excluding hydrogens is 853 g/mol. The molecule has 0 aliphatic carbocycles. The van der Waals surface area contributed by atoms with Crippen LogP contribution < -0.4 is 10.6 Å². The molecular formula is C40H36N6O14S2. The molecule has 4 aromatic rings. The van der Waals surface area contributed by atoms with Crippen molar-refractivity contribution in [2.75, 3.05) is 23.7 Å². The summed E-state index contributed by atoms with van der Waals surface area (Å²) in [4.78, 5) is 101. The Morgan fingerprint density at radius 2 is 0.984 bits per heavy atom. The number of nitro benzene ring substituents is 2. The number of aromatic carboxylic acids is 2. The summed E-state index contributed by atoms with van der Waals surface area (Å²) in [5.74, 6) is -3.64. The second kappa shape index (κ2) is 19.9. The quantitative estimate of drug-likeness (QED) is 0.0569. The van der Waals surface area contributed by atoms with E-state index in [1.165, 1.54) is 128 Å². The summed E-state index contributed by atoms with van der Waals surface area (Å²) in [5.41, 5.74) is 0.850. The first kappa shape index (κ1) is 44.4. The normalized spacial score (nSPS) is 18.1. The molecule has 2 aliphatic rings. The number of nitrogens with zero attached hydrogens (tertiary/aromatic N) is 4. The Morgan fingerprint density at radius 3 is 1.32 bits per heavy atom. The molecule has 2 heterocycles. The lowest BCUT2D eigenvalue weighted by Gasteiger charge is -2.23. The molecule has 0 spiro atoms. The highest BCUT2D eigenvalue weighted by Gasteiger charge is 2.44. The zero-order chi connectivity index (χ0) is 44.5. The lowest BCUT2D eigenvalue weighted by Crippen LogP contribution is -2.43. The fourth-order valence-corrected chi connectivity index (χ4v) is 9.65. The van der Waals surface area contributed by atoms with Gasteiger partial charge in [0.1, 0.15) is 25.3 Å². The van der Waals surface area contributed by atoms with E-state index in [2.05, 4.69) is 10.6 Å². The Balaban J connectivity index is 1.15. The molecule has 22 heteroatoms. The van der Waals surface area contributed by atoms with Crippen LogP contribution in [0.3, 0.4) is 0 Å². The SMILES string of the molecule is O=C(O)c1cccc(NC(=O)[C@@H]2C[C@H](SS[C@H]3C[C@@H](C(=O)Nc4cccc(C(=O)O)c4)N(C(=O)OCc4ccc([N+](=O)[O-])cc4)C3)CN2C(=O)OCc2ccc([N+](=O)[O-])cc2)c1. The molecule has 20 nitrogen and oxygen atoms in total. The molecule has 2 saturated heterocycles. The van der Waals surface area contributed by atoms with Crippen LogP contribution in [0.1, 0.15) is 44.7 Å². The average molecular weight is 889 g/mol. The minimum absolute atomic E-state index is 0.0293. The summed E-state index contributed by atoms with van der Waals surface area (Å²) in [6, 6.07) is 19.8. The number of carboxylic acids is 2. The van der Waals surface area contributed by atoms with Gasteiger partial charge < -0.3 is 30.3 Å². The Bertz CT molecular complexity index is 2220. The van der Waals surface area contributed by atoms with Crippen molar-refractivity contribution in [1.29, 1.82) is 0 Å². The third kappa shape index (κ3) is 11.3. The largest absolute Gasteiger partial charge is 0.478 e. The maximum Gasteiger partial charge on any atom is 0.410 e. The van der Waals surface area contributed by atoms with Crippen molar-refractivity contribution in [3.8, 4) is 0 Å². The average Bonchev–Trinajstić information content (AvgIpc) is 3.90. The lowest BCUT2D eigenvalue weighted by molar-refractivity contribution is -0.385. The number of non-ortho nitro benzene ring substituents is 2. The van der Waals surface area contributed by atoms with Crippen molar-refractivity contribution < 1.29 is 58.3 Å². The first-order valence-corrected chi connectivity index (χ1v) is 20.9. The molecule has 4 amide bonds. The van der Waals surface area contributed by atoms with Crippen LogP contribution in [0.5, 0.6) is 0 Å². The van der Waals surface area contributed by atoms with E-state index < -0.39 is 57.9 Å². The zero-order valence-electron chi connectivity index (χ0n) is 32.2. The third-order valence-corrected chi connectivity index (χ3v) is 13.0. The lowest BCUT2D eigenvalue weighted by atomic mass is 10.1. The van der Waals surface area contributed by atoms with Gasteiger partial charge >= 0.3 is 24.1 Å². The predicted molar refractivity (Wildman–Crippen MR) is 224 cm³/mol. The van der Waals surface area contributed by atoms with Crippen LogP contribution >= 0.6 is 21.6 Å². The Kier molecular flexibility index (Phi) is 14.2. The van der Waals surface area contributed by atoms with Gasteiger partial charge in [0.05, 0.1) is 21.0 Å². The van der Waals surface area contributed by atoms with E-state index in [9.17, 15) is 59.2 Å². The van der Waals surface area contributed by atoms with Gasteiger partial charge in [-0.1, -0.05) is 33.7 Å². The number of nitrogens with one attached hydrogen (secondary N) is 2. The van der Waals surface area contributed by atoms with Gasteiger partial charge in [-0.25, -0.2) is 19.2 Å². The molecule has 6 rings (SSSR count). The third-order valence-electron chi connectivity index (χ3n) is 9.70. The Hall–Kier alpha value is -7.20. The van der Waals surface area contributed by atoms with Crippen molar-refractivity contribution in [3.63, 3.8) is 0 Å². The number of hydrogen-bond acceptors (Lipinski definition) is 14. The summed E-state index contributed by atoms with van der Waals surface area (Å²) in [7, 11) is 2.64. The van der Waals surface area contributed by atoms with Gasteiger partial charge in [-0.15, -0.1) is 0 Å². The number of anilines is 2. The van der Waals surface area contributed by atoms with E-state index in [-0.39, 0.29) is 83.5 Å². The summed E-state index contributed by atoms with van der Waals surface area (Å²) < 4.78 is 11.0. The van der Waals surface area contributed by atoms with Gasteiger partial charge in [0.25, 0.3) is 11.4 Å².